The van der Waals surface area contributed by atoms with Crippen molar-refractivity contribution >= 4 is 17.4 Å². The molecule has 1 saturated heterocycles. The minimum atomic E-state index is -0.829. The van der Waals surface area contributed by atoms with Crippen molar-refractivity contribution in [1.29, 1.82) is 0 Å². The second-order valence-corrected chi connectivity index (χ2v) is 9.39. The molecule has 39 heavy (non-hydrogen) atoms. The summed E-state index contributed by atoms with van der Waals surface area (Å²) in [4.78, 5) is 30.9. The lowest BCUT2D eigenvalue weighted by Gasteiger charge is -2.27. The van der Waals surface area contributed by atoms with Crippen molar-refractivity contribution in [3.63, 3.8) is 0 Å². The number of aryl methyl sites for hydroxylation is 1. The number of hydrogen-bond donors (Lipinski definition) is 0. The number of Topliss-reactive ketones (excluding diaryl/α,β-unsaturated/α-hetero) is 1. The Morgan fingerprint density at radius 3 is 2.26 bits per heavy atom. The van der Waals surface area contributed by atoms with E-state index in [-0.39, 0.29) is 12.1 Å². The Morgan fingerprint density at radius 2 is 1.59 bits per heavy atom. The van der Waals surface area contributed by atoms with E-state index < -0.39 is 23.5 Å². The first-order valence-corrected chi connectivity index (χ1v) is 12.6. The number of hydrogen-bond acceptors (Lipinski definition) is 5. The molecule has 0 aliphatic carbocycles. The van der Waals surface area contributed by atoms with Gasteiger partial charge in [0, 0.05) is 24.3 Å². The van der Waals surface area contributed by atoms with Gasteiger partial charge < -0.3 is 19.5 Å². The van der Waals surface area contributed by atoms with Crippen molar-refractivity contribution in [3.05, 3.63) is 131 Å². The summed E-state index contributed by atoms with van der Waals surface area (Å²) in [6, 6.07) is 24.6. The summed E-state index contributed by atoms with van der Waals surface area (Å²) in [6.07, 6.45) is 3.50. The summed E-state index contributed by atoms with van der Waals surface area (Å²) in [5.41, 5.74) is 3.91. The maximum Gasteiger partial charge on any atom is 0.295 e. The molecule has 7 nitrogen and oxygen atoms in total. The molecule has 1 unspecified atom stereocenters. The van der Waals surface area contributed by atoms with Gasteiger partial charge in [0.25, 0.3) is 5.91 Å². The number of ketones is 1. The zero-order valence-corrected chi connectivity index (χ0v) is 21.7. The Morgan fingerprint density at radius 1 is 0.897 bits per heavy atom. The maximum absolute atomic E-state index is 13.7. The lowest BCUT2D eigenvalue weighted by Crippen LogP contribution is -2.29. The van der Waals surface area contributed by atoms with Crippen LogP contribution in [0.15, 0.2) is 103 Å². The number of pyridine rings is 1. The van der Waals surface area contributed by atoms with Gasteiger partial charge in [-0.2, -0.15) is 0 Å². The number of ether oxygens (including phenoxy) is 2. The summed E-state index contributed by atoms with van der Waals surface area (Å²) < 4.78 is 11.1. The number of methoxy groups -OCH3 is 1. The molecule has 7 heteroatoms. The van der Waals surface area contributed by atoms with E-state index in [9.17, 15) is 14.7 Å². The molecule has 196 valence electrons. The summed E-state index contributed by atoms with van der Waals surface area (Å²) in [7, 11) is 1.56. The van der Waals surface area contributed by atoms with Crippen molar-refractivity contribution < 1.29 is 29.2 Å². The smallest absolute Gasteiger partial charge is 0.295 e. The predicted octanol–water partition coefficient (Wildman–Crippen LogP) is 3.82. The Labute approximate surface area is 227 Å². The third-order valence-electron chi connectivity index (χ3n) is 6.71. The third kappa shape index (κ3) is 5.52. The SMILES string of the molecule is COc1ccc(C2C(=C([O-])c3ccc(OCc4cccc(C)c4)cc3)C(=O)C(=O)N2Cc2cc[nH+]cc2)cc1. The average molecular weight is 521 g/mol. The Hall–Kier alpha value is -4.91. The molecule has 1 atom stereocenters. The van der Waals surface area contributed by atoms with E-state index in [2.05, 4.69) is 11.1 Å². The summed E-state index contributed by atoms with van der Waals surface area (Å²) >= 11 is 0. The molecule has 3 aromatic carbocycles. The van der Waals surface area contributed by atoms with E-state index >= 15 is 0 Å². The third-order valence-corrected chi connectivity index (χ3v) is 6.71. The number of amides is 1. The van der Waals surface area contributed by atoms with Gasteiger partial charge >= 0.3 is 0 Å². The van der Waals surface area contributed by atoms with Gasteiger partial charge in [-0.15, -0.1) is 0 Å². The van der Waals surface area contributed by atoms with Crippen LogP contribution in [-0.2, 0) is 22.7 Å². The fourth-order valence-electron chi connectivity index (χ4n) is 4.72. The van der Waals surface area contributed by atoms with Crippen molar-refractivity contribution in [2.75, 3.05) is 7.11 Å². The van der Waals surface area contributed by atoms with Crippen LogP contribution in [0.4, 0.5) is 0 Å². The molecular formula is C32H28N2O5. The molecule has 1 amide bonds. The topological polar surface area (TPSA) is 93.0 Å². The fraction of sp³-hybridized carbons (Fsp3) is 0.156. The van der Waals surface area contributed by atoms with Crippen LogP contribution >= 0.6 is 0 Å². The zero-order valence-electron chi connectivity index (χ0n) is 21.7. The number of nitrogens with one attached hydrogen (secondary N) is 1. The number of carbonyl (C=O) groups excluding carboxylic acids is 2. The van der Waals surface area contributed by atoms with Crippen molar-refractivity contribution in [2.24, 2.45) is 0 Å². The average Bonchev–Trinajstić information content (AvgIpc) is 3.21. The highest BCUT2D eigenvalue weighted by molar-refractivity contribution is 6.46. The van der Waals surface area contributed by atoms with E-state index in [4.69, 9.17) is 9.47 Å². The molecule has 1 N–H and O–H groups in total. The van der Waals surface area contributed by atoms with E-state index in [1.165, 1.54) is 4.90 Å². The number of aromatic amines is 1. The molecule has 5 rings (SSSR count). The molecule has 1 aliphatic heterocycles. The summed E-state index contributed by atoms with van der Waals surface area (Å²) in [6.45, 7) is 2.60. The standard InChI is InChI=1S/C32H28N2O5/c1-21-4-3-5-23(18-21)20-39-27-12-8-25(9-13-27)30(35)28-29(24-6-10-26(38-2)11-7-24)34(32(37)31(28)36)19-22-14-16-33-17-15-22/h3-18,29,35H,19-20H2,1-2H3. The minimum Gasteiger partial charge on any atom is -0.872 e. The Kier molecular flexibility index (Phi) is 7.41. The molecular weight excluding hydrogens is 492 g/mol. The monoisotopic (exact) mass is 520 g/mol. The Balaban J connectivity index is 1.47. The molecule has 0 saturated carbocycles. The first-order valence-electron chi connectivity index (χ1n) is 12.6. The normalized spacial score (nSPS) is 16.4. The van der Waals surface area contributed by atoms with Crippen LogP contribution in [0.1, 0.15) is 33.9 Å². The van der Waals surface area contributed by atoms with Gasteiger partial charge in [-0.25, -0.2) is 4.98 Å². The lowest BCUT2D eigenvalue weighted by atomic mass is 9.95. The van der Waals surface area contributed by atoms with Crippen LogP contribution in [0.25, 0.3) is 5.76 Å². The molecule has 0 bridgehead atoms. The predicted molar refractivity (Wildman–Crippen MR) is 143 cm³/mol. The molecule has 0 radical (unpaired) electrons. The van der Waals surface area contributed by atoms with Crippen molar-refractivity contribution in [3.8, 4) is 11.5 Å². The van der Waals surface area contributed by atoms with Crippen LogP contribution in [-0.4, -0.2) is 23.7 Å². The van der Waals surface area contributed by atoms with E-state index in [1.54, 1.807) is 68.0 Å². The van der Waals surface area contributed by atoms with Crippen molar-refractivity contribution in [1.82, 2.24) is 4.90 Å². The van der Waals surface area contributed by atoms with Gasteiger partial charge in [0.05, 0.1) is 13.2 Å². The summed E-state index contributed by atoms with van der Waals surface area (Å²) in [5, 5.41) is 13.7. The largest absolute Gasteiger partial charge is 0.872 e. The van der Waals surface area contributed by atoms with Crippen LogP contribution < -0.4 is 19.6 Å². The molecule has 4 aromatic rings. The highest BCUT2D eigenvalue weighted by Crippen LogP contribution is 2.40. The highest BCUT2D eigenvalue weighted by Gasteiger charge is 2.44. The van der Waals surface area contributed by atoms with E-state index in [1.807, 2.05) is 37.3 Å². The van der Waals surface area contributed by atoms with Gasteiger partial charge in [0.15, 0.2) is 12.4 Å². The van der Waals surface area contributed by atoms with E-state index in [0.29, 0.717) is 29.2 Å². The number of benzene rings is 3. The number of carbonyl (C=O) groups is 2. The number of aromatic nitrogens is 1. The number of H-pyrrole nitrogens is 1. The molecule has 0 spiro atoms. The highest BCUT2D eigenvalue weighted by atomic mass is 16.5. The van der Waals surface area contributed by atoms with Gasteiger partial charge in [-0.1, -0.05) is 59.9 Å². The van der Waals surface area contributed by atoms with Gasteiger partial charge in [-0.05, 0) is 53.4 Å². The zero-order chi connectivity index (χ0) is 27.4. The van der Waals surface area contributed by atoms with Crippen LogP contribution in [0.5, 0.6) is 11.5 Å². The first-order chi connectivity index (χ1) is 18.9. The second kappa shape index (κ2) is 11.2. The molecule has 1 aliphatic rings. The number of nitrogens with zero attached hydrogens (tertiary/aromatic N) is 1. The second-order valence-electron chi connectivity index (χ2n) is 9.39. The molecule has 1 fully saturated rings. The molecule has 1 aromatic heterocycles. The van der Waals surface area contributed by atoms with Crippen LogP contribution in [0, 0.1) is 6.92 Å². The summed E-state index contributed by atoms with van der Waals surface area (Å²) in [5.74, 6) is -0.744. The van der Waals surface area contributed by atoms with Crippen LogP contribution in [0.2, 0.25) is 0 Å². The van der Waals surface area contributed by atoms with Gasteiger partial charge in [0.1, 0.15) is 18.1 Å². The fourth-order valence-corrected chi connectivity index (χ4v) is 4.72. The lowest BCUT2D eigenvalue weighted by molar-refractivity contribution is -0.378. The minimum absolute atomic E-state index is 0.0684. The Bertz CT molecular complexity index is 1510. The van der Waals surface area contributed by atoms with E-state index in [0.717, 1.165) is 16.7 Å². The van der Waals surface area contributed by atoms with Crippen LogP contribution in [0.3, 0.4) is 0 Å². The molecule has 2 heterocycles. The number of likely N-dealkylation sites (tertiary alicyclic amines) is 1. The maximum atomic E-state index is 13.7. The number of rotatable bonds is 8. The van der Waals surface area contributed by atoms with Crippen molar-refractivity contribution in [2.45, 2.75) is 26.1 Å². The van der Waals surface area contributed by atoms with Gasteiger partial charge in [0.2, 0.25) is 5.78 Å². The first kappa shape index (κ1) is 25.7. The quantitative estimate of drug-likeness (QED) is 0.200. The van der Waals surface area contributed by atoms with Gasteiger partial charge in [-0.3, -0.25) is 9.59 Å².